The standard InChI is InChI=1S/C30H40N4O3/c1-20-12-14-21(15-13-20)18-34-19-26-23(22-9-5-6-10-24(22)32-26)17-27(34)28(35)33-25(11-7-8-16-31)29(36)37-30(2,3)4/h5-6,9-10,12-15,25,27,32H,7-8,11,16-19,31H2,1-4H3,(H,33,35). The quantitative estimate of drug-likeness (QED) is 0.297. The fraction of sp³-hybridized carbons (Fsp3) is 0.467. The van der Waals surface area contributed by atoms with Gasteiger partial charge in [0.05, 0.1) is 6.04 Å². The third-order valence-corrected chi connectivity index (χ3v) is 6.87. The van der Waals surface area contributed by atoms with Crippen LogP contribution < -0.4 is 11.1 Å². The summed E-state index contributed by atoms with van der Waals surface area (Å²) >= 11 is 0. The van der Waals surface area contributed by atoms with Gasteiger partial charge in [0.25, 0.3) is 0 Å². The van der Waals surface area contributed by atoms with Crippen LogP contribution in [0.1, 0.15) is 62.4 Å². The molecule has 7 heteroatoms. The molecule has 37 heavy (non-hydrogen) atoms. The fourth-order valence-corrected chi connectivity index (χ4v) is 4.99. The monoisotopic (exact) mass is 504 g/mol. The van der Waals surface area contributed by atoms with Gasteiger partial charge in [-0.15, -0.1) is 0 Å². The lowest BCUT2D eigenvalue weighted by Crippen LogP contribution is -2.54. The molecule has 2 unspecified atom stereocenters. The second-order valence-corrected chi connectivity index (χ2v) is 11.1. The van der Waals surface area contributed by atoms with Crippen LogP contribution in [0.25, 0.3) is 10.9 Å². The van der Waals surface area contributed by atoms with Crippen molar-refractivity contribution in [1.29, 1.82) is 0 Å². The zero-order valence-electron chi connectivity index (χ0n) is 22.5. The molecule has 2 atom stereocenters. The zero-order valence-corrected chi connectivity index (χ0v) is 22.5. The van der Waals surface area contributed by atoms with Gasteiger partial charge in [-0.1, -0.05) is 48.0 Å². The Kier molecular flexibility index (Phi) is 8.35. The Labute approximate surface area is 219 Å². The molecule has 0 saturated heterocycles. The molecule has 2 aromatic carbocycles. The molecule has 0 bridgehead atoms. The lowest BCUT2D eigenvalue weighted by Gasteiger charge is -2.36. The lowest BCUT2D eigenvalue weighted by atomic mass is 9.95. The number of aromatic amines is 1. The van der Waals surface area contributed by atoms with Crippen LogP contribution in [0, 0.1) is 6.92 Å². The van der Waals surface area contributed by atoms with Crippen molar-refractivity contribution in [2.75, 3.05) is 6.54 Å². The summed E-state index contributed by atoms with van der Waals surface area (Å²) < 4.78 is 5.65. The van der Waals surface area contributed by atoms with Crippen molar-refractivity contribution in [1.82, 2.24) is 15.2 Å². The van der Waals surface area contributed by atoms with E-state index in [0.717, 1.165) is 35.0 Å². The minimum atomic E-state index is -0.705. The molecule has 1 aromatic heterocycles. The van der Waals surface area contributed by atoms with E-state index in [-0.39, 0.29) is 5.91 Å². The smallest absolute Gasteiger partial charge is 0.329 e. The third-order valence-electron chi connectivity index (χ3n) is 6.87. The Hall–Kier alpha value is -3.16. The van der Waals surface area contributed by atoms with Crippen molar-refractivity contribution in [3.05, 3.63) is 70.9 Å². The number of hydrogen-bond donors (Lipinski definition) is 3. The maximum Gasteiger partial charge on any atom is 0.329 e. The van der Waals surface area contributed by atoms with Gasteiger partial charge in [0, 0.05) is 29.7 Å². The highest BCUT2D eigenvalue weighted by atomic mass is 16.6. The Morgan fingerprint density at radius 1 is 1.14 bits per heavy atom. The minimum Gasteiger partial charge on any atom is -0.458 e. The van der Waals surface area contributed by atoms with Gasteiger partial charge in [0.1, 0.15) is 11.6 Å². The summed E-state index contributed by atoms with van der Waals surface area (Å²) in [6.45, 7) is 9.40. The van der Waals surface area contributed by atoms with Gasteiger partial charge in [0.2, 0.25) is 5.91 Å². The van der Waals surface area contributed by atoms with Gasteiger partial charge in [-0.25, -0.2) is 4.79 Å². The molecule has 0 radical (unpaired) electrons. The first-order chi connectivity index (χ1) is 17.6. The highest BCUT2D eigenvalue weighted by Crippen LogP contribution is 2.31. The fourth-order valence-electron chi connectivity index (χ4n) is 4.99. The van der Waals surface area contributed by atoms with Gasteiger partial charge >= 0.3 is 5.97 Å². The lowest BCUT2D eigenvalue weighted by molar-refractivity contribution is -0.159. The molecule has 7 nitrogen and oxygen atoms in total. The second-order valence-electron chi connectivity index (χ2n) is 11.1. The van der Waals surface area contributed by atoms with Crippen LogP contribution >= 0.6 is 0 Å². The number of rotatable bonds is 9. The van der Waals surface area contributed by atoms with Crippen molar-refractivity contribution in [3.63, 3.8) is 0 Å². The number of hydrogen-bond acceptors (Lipinski definition) is 5. The minimum absolute atomic E-state index is 0.147. The van der Waals surface area contributed by atoms with Crippen LogP contribution in [-0.4, -0.2) is 46.0 Å². The van der Waals surface area contributed by atoms with Crippen molar-refractivity contribution >= 4 is 22.8 Å². The van der Waals surface area contributed by atoms with Gasteiger partial charge in [-0.2, -0.15) is 0 Å². The maximum absolute atomic E-state index is 13.8. The number of carbonyl (C=O) groups excluding carboxylic acids is 2. The van der Waals surface area contributed by atoms with E-state index in [9.17, 15) is 9.59 Å². The van der Waals surface area contributed by atoms with Gasteiger partial charge < -0.3 is 20.8 Å². The van der Waals surface area contributed by atoms with Gasteiger partial charge in [-0.3, -0.25) is 9.69 Å². The first-order valence-corrected chi connectivity index (χ1v) is 13.3. The topological polar surface area (TPSA) is 100 Å². The summed E-state index contributed by atoms with van der Waals surface area (Å²) in [4.78, 5) is 32.6. The molecule has 1 aliphatic heterocycles. The summed E-state index contributed by atoms with van der Waals surface area (Å²) in [5, 5.41) is 4.21. The number of carbonyl (C=O) groups is 2. The average Bonchev–Trinajstić information content (AvgIpc) is 3.20. The Morgan fingerprint density at radius 2 is 1.86 bits per heavy atom. The average molecular weight is 505 g/mol. The van der Waals surface area contributed by atoms with Crippen molar-refractivity contribution < 1.29 is 14.3 Å². The number of nitrogens with zero attached hydrogens (tertiary/aromatic N) is 1. The van der Waals surface area contributed by atoms with Gasteiger partial charge in [-0.05, 0) is 77.1 Å². The second kappa shape index (κ2) is 11.5. The molecule has 2 heterocycles. The molecule has 1 aliphatic rings. The normalized spacial score (nSPS) is 16.8. The predicted molar refractivity (Wildman–Crippen MR) is 147 cm³/mol. The molecule has 198 valence electrons. The van der Waals surface area contributed by atoms with Crippen LogP contribution in [0.2, 0.25) is 0 Å². The third kappa shape index (κ3) is 6.79. The summed E-state index contributed by atoms with van der Waals surface area (Å²) in [6.07, 6.45) is 2.60. The Bertz CT molecular complexity index is 1230. The number of aromatic nitrogens is 1. The first-order valence-electron chi connectivity index (χ1n) is 13.3. The van der Waals surface area contributed by atoms with Crippen LogP contribution in [0.15, 0.2) is 48.5 Å². The molecule has 0 aliphatic carbocycles. The predicted octanol–water partition coefficient (Wildman–Crippen LogP) is 4.36. The van der Waals surface area contributed by atoms with Crippen LogP contribution in [0.3, 0.4) is 0 Å². The van der Waals surface area contributed by atoms with E-state index in [0.29, 0.717) is 32.5 Å². The van der Waals surface area contributed by atoms with Crippen molar-refractivity contribution in [2.24, 2.45) is 5.73 Å². The van der Waals surface area contributed by atoms with Gasteiger partial charge in [0.15, 0.2) is 0 Å². The summed E-state index contributed by atoms with van der Waals surface area (Å²) in [5.41, 5.74) is 10.8. The van der Waals surface area contributed by atoms with Crippen LogP contribution in [0.5, 0.6) is 0 Å². The SMILES string of the molecule is Cc1ccc(CN2Cc3[nH]c4ccccc4c3CC2C(=O)NC(CCCCN)C(=O)OC(C)(C)C)cc1. The Morgan fingerprint density at radius 3 is 2.57 bits per heavy atom. The van der Waals surface area contributed by atoms with E-state index in [2.05, 4.69) is 58.5 Å². The molecule has 4 N–H and O–H groups in total. The number of aryl methyl sites for hydroxylation is 1. The number of H-pyrrole nitrogens is 1. The number of amides is 1. The molecule has 4 rings (SSSR count). The highest BCUT2D eigenvalue weighted by molar-refractivity contribution is 5.90. The number of para-hydroxylation sites is 1. The number of ether oxygens (including phenoxy) is 1. The summed E-state index contributed by atoms with van der Waals surface area (Å²) in [6, 6.07) is 15.5. The van der Waals surface area contributed by atoms with E-state index in [1.54, 1.807) is 0 Å². The van der Waals surface area contributed by atoms with E-state index in [1.807, 2.05) is 32.9 Å². The highest BCUT2D eigenvalue weighted by Gasteiger charge is 2.36. The number of nitrogens with two attached hydrogens (primary N) is 1. The Balaban J connectivity index is 1.60. The van der Waals surface area contributed by atoms with Crippen molar-refractivity contribution in [2.45, 2.75) is 84.2 Å². The van der Waals surface area contributed by atoms with Crippen molar-refractivity contribution in [3.8, 4) is 0 Å². The zero-order chi connectivity index (χ0) is 26.6. The van der Waals surface area contributed by atoms with Crippen LogP contribution in [-0.2, 0) is 33.8 Å². The number of esters is 1. The number of fused-ring (bicyclic) bond motifs is 3. The largest absolute Gasteiger partial charge is 0.458 e. The van der Waals surface area contributed by atoms with Crippen LogP contribution in [0.4, 0.5) is 0 Å². The molecule has 1 amide bonds. The maximum atomic E-state index is 13.8. The van der Waals surface area contributed by atoms with E-state index in [1.165, 1.54) is 11.1 Å². The number of benzene rings is 2. The number of nitrogens with one attached hydrogen (secondary N) is 2. The molecular weight excluding hydrogens is 464 g/mol. The van der Waals surface area contributed by atoms with E-state index in [4.69, 9.17) is 10.5 Å². The summed E-state index contributed by atoms with van der Waals surface area (Å²) in [7, 11) is 0. The molecule has 0 saturated carbocycles. The van der Waals surface area contributed by atoms with E-state index >= 15 is 0 Å². The number of unbranched alkanes of at least 4 members (excludes halogenated alkanes) is 1. The molecule has 0 spiro atoms. The summed E-state index contributed by atoms with van der Waals surface area (Å²) in [5.74, 6) is -0.543. The molecular formula is C30H40N4O3. The first kappa shape index (κ1) is 26.9. The molecule has 3 aromatic rings. The van der Waals surface area contributed by atoms with E-state index < -0.39 is 23.7 Å². The molecule has 0 fully saturated rings.